The maximum atomic E-state index is 13.1. The topological polar surface area (TPSA) is 307 Å². The van der Waals surface area contributed by atoms with Crippen LogP contribution in [0.2, 0.25) is 0 Å². The van der Waals surface area contributed by atoms with Gasteiger partial charge < -0.3 is 89.9 Å². The maximum absolute atomic E-state index is 13.1. The first kappa shape index (κ1) is 64.6. The lowest BCUT2D eigenvalue weighted by molar-refractivity contribution is -0.379. The van der Waals surface area contributed by atoms with Crippen molar-refractivity contribution in [3.63, 3.8) is 0 Å². The summed E-state index contributed by atoms with van der Waals surface area (Å²) in [5, 5.41) is 119. The number of aliphatic hydroxyl groups excluding tert-OH is 11. The Labute approximate surface area is 428 Å². The van der Waals surface area contributed by atoms with Gasteiger partial charge in [0, 0.05) is 6.42 Å². The lowest BCUT2D eigenvalue weighted by Crippen LogP contribution is -2.66. The summed E-state index contributed by atoms with van der Waals surface area (Å²) in [4.78, 5) is 13.1. The summed E-state index contributed by atoms with van der Waals surface area (Å²) in [5.74, 6) is -0.293. The van der Waals surface area contributed by atoms with Crippen LogP contribution >= 0.6 is 0 Å². The Kier molecular flexibility index (Phi) is 34.0. The van der Waals surface area contributed by atoms with E-state index < -0.39 is 124 Å². The van der Waals surface area contributed by atoms with Gasteiger partial charge in [-0.2, -0.15) is 0 Å². The number of unbranched alkanes of at least 4 members (excludes halogenated alkanes) is 21. The highest BCUT2D eigenvalue weighted by molar-refractivity contribution is 5.76. The highest BCUT2D eigenvalue weighted by atomic mass is 16.8. The molecular weight excluding hydrogens is 939 g/mol. The highest BCUT2D eigenvalue weighted by Crippen LogP contribution is 2.33. The normalized spacial score (nSPS) is 32.2. The van der Waals surface area contributed by atoms with Crippen LogP contribution in [-0.4, -0.2) is 193 Å². The molecule has 12 N–H and O–H groups in total. The zero-order valence-corrected chi connectivity index (χ0v) is 43.4. The first-order valence-electron chi connectivity index (χ1n) is 27.6. The summed E-state index contributed by atoms with van der Waals surface area (Å²) in [5.41, 5.74) is 0. The van der Waals surface area contributed by atoms with E-state index in [-0.39, 0.29) is 18.9 Å². The SMILES string of the molecule is CCCCCCCCCCCCCCCC/C=C/CC/C=C/C(O)C(COC1OC(CO)C(OC2OC(CO)C(OC3OC(CO)C(O)C(O)C3O)C(O)C2O)C(O)C1O)NC(=O)CCCCCCCCC. The van der Waals surface area contributed by atoms with Crippen LogP contribution in [0.3, 0.4) is 0 Å². The van der Waals surface area contributed by atoms with Crippen molar-refractivity contribution in [3.8, 4) is 0 Å². The van der Waals surface area contributed by atoms with Gasteiger partial charge in [-0.3, -0.25) is 4.79 Å². The molecule has 1 amide bonds. The fourth-order valence-corrected chi connectivity index (χ4v) is 9.38. The van der Waals surface area contributed by atoms with Crippen LogP contribution in [0.5, 0.6) is 0 Å². The Morgan fingerprint density at radius 2 is 0.889 bits per heavy atom. The molecule has 3 rings (SSSR count). The average molecular weight is 1040 g/mol. The minimum Gasteiger partial charge on any atom is -0.394 e. The predicted octanol–water partition coefficient (Wildman–Crippen LogP) is 3.20. The van der Waals surface area contributed by atoms with Crippen LogP contribution in [0, 0.1) is 0 Å². The molecule has 72 heavy (non-hydrogen) atoms. The molecule has 3 fully saturated rings. The van der Waals surface area contributed by atoms with Gasteiger partial charge in [-0.05, 0) is 32.1 Å². The van der Waals surface area contributed by atoms with Gasteiger partial charge in [-0.25, -0.2) is 0 Å². The van der Waals surface area contributed by atoms with Crippen LogP contribution in [0.15, 0.2) is 24.3 Å². The molecule has 0 aliphatic carbocycles. The van der Waals surface area contributed by atoms with E-state index in [9.17, 15) is 61.0 Å². The third-order valence-corrected chi connectivity index (χ3v) is 14.0. The maximum Gasteiger partial charge on any atom is 0.220 e. The van der Waals surface area contributed by atoms with E-state index in [1.165, 1.54) is 89.9 Å². The van der Waals surface area contributed by atoms with Crippen LogP contribution in [0.1, 0.15) is 174 Å². The Balaban J connectivity index is 1.51. The third kappa shape index (κ3) is 22.9. The van der Waals surface area contributed by atoms with E-state index in [0.717, 1.165) is 51.4 Å². The molecule has 3 aliphatic heterocycles. The number of carbonyl (C=O) groups excluding carboxylic acids is 1. The van der Waals surface area contributed by atoms with Crippen molar-refractivity contribution in [2.75, 3.05) is 26.4 Å². The summed E-state index contributed by atoms with van der Waals surface area (Å²) < 4.78 is 34.1. The lowest BCUT2D eigenvalue weighted by atomic mass is 9.96. The van der Waals surface area contributed by atoms with Gasteiger partial charge in [-0.1, -0.05) is 160 Å². The molecule has 0 aromatic carbocycles. The van der Waals surface area contributed by atoms with Gasteiger partial charge in [0.15, 0.2) is 18.9 Å². The fourth-order valence-electron chi connectivity index (χ4n) is 9.38. The second-order valence-electron chi connectivity index (χ2n) is 20.0. The third-order valence-electron chi connectivity index (χ3n) is 14.0. The van der Waals surface area contributed by atoms with Crippen molar-refractivity contribution in [3.05, 3.63) is 24.3 Å². The molecule has 0 spiro atoms. The number of ether oxygens (including phenoxy) is 6. The first-order valence-corrected chi connectivity index (χ1v) is 27.6. The molecule has 17 unspecified atom stereocenters. The van der Waals surface area contributed by atoms with Gasteiger partial charge in [0.25, 0.3) is 0 Å². The number of allylic oxidation sites excluding steroid dienone is 3. The Bertz CT molecular complexity index is 1430. The number of carbonyl (C=O) groups is 1. The first-order chi connectivity index (χ1) is 34.8. The second-order valence-corrected chi connectivity index (χ2v) is 20.0. The zero-order chi connectivity index (χ0) is 52.7. The quantitative estimate of drug-likeness (QED) is 0.0311. The predicted molar refractivity (Wildman–Crippen MR) is 268 cm³/mol. The molecule has 3 aliphatic rings. The molecule has 19 heteroatoms. The molecule has 0 bridgehead atoms. The van der Waals surface area contributed by atoms with E-state index in [1.807, 2.05) is 6.08 Å². The number of nitrogens with one attached hydrogen (secondary N) is 1. The highest BCUT2D eigenvalue weighted by Gasteiger charge is 2.53. The Morgan fingerprint density at radius 1 is 0.486 bits per heavy atom. The number of aliphatic hydroxyl groups is 11. The van der Waals surface area contributed by atoms with Crippen LogP contribution < -0.4 is 5.32 Å². The summed E-state index contributed by atoms with van der Waals surface area (Å²) in [6, 6.07) is -0.982. The van der Waals surface area contributed by atoms with Crippen LogP contribution in [0.4, 0.5) is 0 Å². The monoisotopic (exact) mass is 1040 g/mol. The van der Waals surface area contributed by atoms with Crippen molar-refractivity contribution >= 4 is 5.91 Å². The van der Waals surface area contributed by atoms with Crippen molar-refractivity contribution in [1.82, 2.24) is 5.32 Å². The Morgan fingerprint density at radius 3 is 1.39 bits per heavy atom. The average Bonchev–Trinajstić information content (AvgIpc) is 3.37. The smallest absolute Gasteiger partial charge is 0.220 e. The second kappa shape index (κ2) is 37.9. The molecule has 0 aromatic rings. The van der Waals surface area contributed by atoms with Crippen molar-refractivity contribution in [2.24, 2.45) is 0 Å². The van der Waals surface area contributed by atoms with Gasteiger partial charge >= 0.3 is 0 Å². The number of hydrogen-bond acceptors (Lipinski definition) is 18. The molecule has 3 heterocycles. The summed E-state index contributed by atoms with van der Waals surface area (Å²) >= 11 is 0. The van der Waals surface area contributed by atoms with E-state index in [1.54, 1.807) is 6.08 Å². The molecule has 19 nitrogen and oxygen atoms in total. The summed E-state index contributed by atoms with van der Waals surface area (Å²) in [6.07, 6.45) is 9.29. The summed E-state index contributed by atoms with van der Waals surface area (Å²) in [7, 11) is 0. The molecule has 0 aromatic heterocycles. The zero-order valence-electron chi connectivity index (χ0n) is 43.4. The van der Waals surface area contributed by atoms with Crippen LogP contribution in [0.25, 0.3) is 0 Å². The molecule has 3 saturated heterocycles. The molecule has 17 atom stereocenters. The van der Waals surface area contributed by atoms with Crippen LogP contribution in [-0.2, 0) is 33.2 Å². The fraction of sp³-hybridized carbons (Fsp3) is 0.906. The van der Waals surface area contributed by atoms with E-state index in [0.29, 0.717) is 12.8 Å². The molecule has 0 saturated carbocycles. The minimum atomic E-state index is -1.98. The van der Waals surface area contributed by atoms with Gasteiger partial charge in [0.05, 0.1) is 38.6 Å². The minimum absolute atomic E-state index is 0.235. The Hall–Kier alpha value is -1.73. The number of hydrogen-bond donors (Lipinski definition) is 12. The van der Waals surface area contributed by atoms with Crippen molar-refractivity contribution < 1.29 is 89.4 Å². The number of rotatable bonds is 39. The largest absolute Gasteiger partial charge is 0.394 e. The van der Waals surface area contributed by atoms with Gasteiger partial charge in [0.2, 0.25) is 5.91 Å². The van der Waals surface area contributed by atoms with Crippen molar-refractivity contribution in [1.29, 1.82) is 0 Å². The molecule has 0 radical (unpaired) electrons. The standard InChI is InChI=1S/C53H97NO18/c1-3-5-7-9-11-12-13-14-15-16-17-18-19-20-21-22-23-25-26-28-30-37(58)36(54-41(59)31-29-27-24-10-8-6-4-2)35-67-51-47(65)44(62)49(39(33-56)69-51)72-53-48(66)45(63)50(40(34-57)70-53)71-52-46(64)43(61)42(60)38(32-55)68-52/h22-23,28,30,36-40,42-53,55-58,60-66H,3-21,24-27,29,31-35H2,1-2H3,(H,54,59)/b23-22+,30-28+. The lowest BCUT2D eigenvalue weighted by Gasteiger charge is -2.48. The van der Waals surface area contributed by atoms with E-state index >= 15 is 0 Å². The van der Waals surface area contributed by atoms with Gasteiger partial charge in [0.1, 0.15) is 73.2 Å². The molecule has 422 valence electrons. The number of amides is 1. The molecular formula is C53H97NO18. The summed E-state index contributed by atoms with van der Waals surface area (Å²) in [6.45, 7) is 1.63. The van der Waals surface area contributed by atoms with Crippen molar-refractivity contribution in [2.45, 2.75) is 279 Å². The van der Waals surface area contributed by atoms with E-state index in [4.69, 9.17) is 28.4 Å². The van der Waals surface area contributed by atoms with Gasteiger partial charge in [-0.15, -0.1) is 0 Å². The van der Waals surface area contributed by atoms with E-state index in [2.05, 4.69) is 31.3 Å².